The van der Waals surface area contributed by atoms with Gasteiger partial charge in [0.25, 0.3) is 5.91 Å². The van der Waals surface area contributed by atoms with Gasteiger partial charge in [-0.05, 0) is 36.8 Å². The van der Waals surface area contributed by atoms with Crippen molar-refractivity contribution >= 4 is 11.7 Å². The minimum Gasteiger partial charge on any atom is -0.487 e. The van der Waals surface area contributed by atoms with E-state index in [1.54, 1.807) is 18.3 Å². The van der Waals surface area contributed by atoms with Crippen LogP contribution in [-0.2, 0) is 0 Å². The van der Waals surface area contributed by atoms with Gasteiger partial charge in [-0.3, -0.25) is 4.79 Å². The van der Waals surface area contributed by atoms with Crippen LogP contribution in [0.25, 0.3) is 0 Å². The first-order chi connectivity index (χ1) is 10.1. The van der Waals surface area contributed by atoms with Crippen LogP contribution in [0.2, 0.25) is 0 Å². The number of benzene rings is 1. The first-order valence-electron chi connectivity index (χ1n) is 6.86. The average Bonchev–Trinajstić information content (AvgIpc) is 2.42. The highest BCUT2D eigenvalue weighted by Crippen LogP contribution is 2.25. The standard InChI is InChI=1S/C16H17N3O2/c1-11-4-2-5-12(8-11)21-13-9-19(10-13)16-14(15(17)20)6-3-7-18-16/h2-8,13H,9-10H2,1H3,(H2,17,20). The van der Waals surface area contributed by atoms with Crippen LogP contribution in [0.4, 0.5) is 5.82 Å². The number of nitrogens with two attached hydrogens (primary N) is 1. The maximum Gasteiger partial charge on any atom is 0.252 e. The molecule has 1 fully saturated rings. The summed E-state index contributed by atoms with van der Waals surface area (Å²) < 4.78 is 5.90. The van der Waals surface area contributed by atoms with Gasteiger partial charge in [-0.15, -0.1) is 0 Å². The van der Waals surface area contributed by atoms with Crippen molar-refractivity contribution in [2.45, 2.75) is 13.0 Å². The normalized spacial score (nSPS) is 14.6. The van der Waals surface area contributed by atoms with E-state index in [1.165, 1.54) is 5.56 Å². The molecular formula is C16H17N3O2. The van der Waals surface area contributed by atoms with Crippen LogP contribution in [0.1, 0.15) is 15.9 Å². The molecule has 1 aliphatic heterocycles. The molecule has 5 nitrogen and oxygen atoms in total. The second-order valence-electron chi connectivity index (χ2n) is 5.20. The van der Waals surface area contributed by atoms with Gasteiger partial charge in [0, 0.05) is 6.20 Å². The van der Waals surface area contributed by atoms with E-state index in [2.05, 4.69) is 4.98 Å². The summed E-state index contributed by atoms with van der Waals surface area (Å²) >= 11 is 0. The molecule has 2 heterocycles. The molecule has 0 spiro atoms. The number of carbonyl (C=O) groups excluding carboxylic acids is 1. The van der Waals surface area contributed by atoms with Crippen LogP contribution in [0.3, 0.4) is 0 Å². The van der Waals surface area contributed by atoms with Crippen LogP contribution < -0.4 is 15.4 Å². The van der Waals surface area contributed by atoms with Crippen molar-refractivity contribution in [3.8, 4) is 5.75 Å². The number of aromatic nitrogens is 1. The Morgan fingerprint density at radius 1 is 1.33 bits per heavy atom. The first kappa shape index (κ1) is 13.4. The molecule has 1 saturated heterocycles. The van der Waals surface area contributed by atoms with Crippen LogP contribution in [-0.4, -0.2) is 30.1 Å². The molecule has 0 aliphatic carbocycles. The number of amides is 1. The SMILES string of the molecule is Cc1cccc(OC2CN(c3ncccc3C(N)=O)C2)c1. The highest BCUT2D eigenvalue weighted by molar-refractivity contribution is 5.97. The lowest BCUT2D eigenvalue weighted by Gasteiger charge is -2.40. The summed E-state index contributed by atoms with van der Waals surface area (Å²) in [5, 5.41) is 0. The van der Waals surface area contributed by atoms with E-state index in [-0.39, 0.29) is 6.10 Å². The second-order valence-corrected chi connectivity index (χ2v) is 5.20. The van der Waals surface area contributed by atoms with E-state index in [9.17, 15) is 4.79 Å². The van der Waals surface area contributed by atoms with Crippen molar-refractivity contribution in [2.24, 2.45) is 5.73 Å². The highest BCUT2D eigenvalue weighted by Gasteiger charge is 2.31. The van der Waals surface area contributed by atoms with E-state index in [1.807, 2.05) is 36.1 Å². The quantitative estimate of drug-likeness (QED) is 0.928. The number of rotatable bonds is 4. The molecule has 0 saturated carbocycles. The summed E-state index contributed by atoms with van der Waals surface area (Å²) in [6.07, 6.45) is 1.77. The van der Waals surface area contributed by atoms with Crippen molar-refractivity contribution in [3.05, 3.63) is 53.7 Å². The number of carbonyl (C=O) groups is 1. The molecule has 2 N–H and O–H groups in total. The zero-order chi connectivity index (χ0) is 14.8. The van der Waals surface area contributed by atoms with Crippen LogP contribution in [0, 0.1) is 6.92 Å². The predicted molar refractivity (Wildman–Crippen MR) is 80.6 cm³/mol. The Balaban J connectivity index is 1.65. The summed E-state index contributed by atoms with van der Waals surface area (Å²) in [4.78, 5) is 17.6. The van der Waals surface area contributed by atoms with E-state index in [0.29, 0.717) is 24.5 Å². The number of primary amides is 1. The topological polar surface area (TPSA) is 68.4 Å². The lowest BCUT2D eigenvalue weighted by atomic mass is 10.1. The van der Waals surface area contributed by atoms with Crippen LogP contribution in [0.5, 0.6) is 5.75 Å². The third-order valence-electron chi connectivity index (χ3n) is 3.49. The number of hydrogen-bond acceptors (Lipinski definition) is 4. The summed E-state index contributed by atoms with van der Waals surface area (Å²) in [6, 6.07) is 11.4. The van der Waals surface area contributed by atoms with Gasteiger partial charge in [0.15, 0.2) is 0 Å². The lowest BCUT2D eigenvalue weighted by molar-refractivity contribution is 0.0999. The fourth-order valence-corrected chi connectivity index (χ4v) is 2.41. The molecule has 0 atom stereocenters. The zero-order valence-electron chi connectivity index (χ0n) is 11.8. The second kappa shape index (κ2) is 5.44. The van der Waals surface area contributed by atoms with Crippen LogP contribution in [0.15, 0.2) is 42.6 Å². The molecule has 1 aromatic carbocycles. The van der Waals surface area contributed by atoms with Gasteiger partial charge in [-0.25, -0.2) is 4.98 Å². The molecule has 5 heteroatoms. The number of anilines is 1. The number of ether oxygens (including phenoxy) is 1. The molecule has 1 amide bonds. The monoisotopic (exact) mass is 283 g/mol. The Morgan fingerprint density at radius 3 is 2.86 bits per heavy atom. The zero-order valence-corrected chi connectivity index (χ0v) is 11.8. The third-order valence-corrected chi connectivity index (χ3v) is 3.49. The number of pyridine rings is 1. The van der Waals surface area contributed by atoms with Gasteiger partial charge < -0.3 is 15.4 Å². The molecule has 0 bridgehead atoms. The number of hydrogen-bond donors (Lipinski definition) is 1. The van der Waals surface area contributed by atoms with Gasteiger partial charge in [0.1, 0.15) is 17.7 Å². The van der Waals surface area contributed by atoms with Gasteiger partial charge in [0.05, 0.1) is 18.7 Å². The highest BCUT2D eigenvalue weighted by atomic mass is 16.5. The van der Waals surface area contributed by atoms with E-state index >= 15 is 0 Å². The molecule has 108 valence electrons. The summed E-state index contributed by atoms with van der Waals surface area (Å²) in [6.45, 7) is 3.43. The molecule has 3 rings (SSSR count). The van der Waals surface area contributed by atoms with Crippen molar-refractivity contribution in [1.82, 2.24) is 4.98 Å². The minimum atomic E-state index is -0.457. The van der Waals surface area contributed by atoms with E-state index in [0.717, 1.165) is 5.75 Å². The Bertz CT molecular complexity index is 666. The Labute approximate surface area is 123 Å². The maximum atomic E-state index is 11.4. The molecule has 0 radical (unpaired) electrons. The predicted octanol–water partition coefficient (Wildman–Crippen LogP) is 1.76. The summed E-state index contributed by atoms with van der Waals surface area (Å²) in [5.74, 6) is 1.05. The Hall–Kier alpha value is -2.56. The molecule has 0 unspecified atom stereocenters. The van der Waals surface area contributed by atoms with Gasteiger partial charge in [-0.1, -0.05) is 12.1 Å². The molecular weight excluding hydrogens is 266 g/mol. The van der Waals surface area contributed by atoms with Crippen molar-refractivity contribution in [2.75, 3.05) is 18.0 Å². The minimum absolute atomic E-state index is 0.106. The van der Waals surface area contributed by atoms with Crippen LogP contribution >= 0.6 is 0 Å². The van der Waals surface area contributed by atoms with Gasteiger partial charge in [0.2, 0.25) is 0 Å². The summed E-state index contributed by atoms with van der Waals surface area (Å²) in [7, 11) is 0. The van der Waals surface area contributed by atoms with Gasteiger partial charge >= 0.3 is 0 Å². The maximum absolute atomic E-state index is 11.4. The van der Waals surface area contributed by atoms with E-state index < -0.39 is 5.91 Å². The smallest absolute Gasteiger partial charge is 0.252 e. The molecule has 21 heavy (non-hydrogen) atoms. The Kier molecular flexibility index (Phi) is 3.48. The Morgan fingerprint density at radius 2 is 2.14 bits per heavy atom. The third kappa shape index (κ3) is 2.81. The lowest BCUT2D eigenvalue weighted by Crippen LogP contribution is -2.54. The fourth-order valence-electron chi connectivity index (χ4n) is 2.41. The fraction of sp³-hybridized carbons (Fsp3) is 0.250. The largest absolute Gasteiger partial charge is 0.487 e. The van der Waals surface area contributed by atoms with E-state index in [4.69, 9.17) is 10.5 Å². The van der Waals surface area contributed by atoms with Crippen molar-refractivity contribution < 1.29 is 9.53 Å². The number of aryl methyl sites for hydroxylation is 1. The van der Waals surface area contributed by atoms with Gasteiger partial charge in [-0.2, -0.15) is 0 Å². The van der Waals surface area contributed by atoms with Crippen molar-refractivity contribution in [1.29, 1.82) is 0 Å². The molecule has 1 aromatic heterocycles. The first-order valence-corrected chi connectivity index (χ1v) is 6.86. The molecule has 2 aromatic rings. The average molecular weight is 283 g/mol. The van der Waals surface area contributed by atoms with Crippen molar-refractivity contribution in [3.63, 3.8) is 0 Å². The number of nitrogens with zero attached hydrogens (tertiary/aromatic N) is 2. The summed E-state index contributed by atoms with van der Waals surface area (Å²) in [5.41, 5.74) is 6.99. The molecule has 1 aliphatic rings.